The summed E-state index contributed by atoms with van der Waals surface area (Å²) in [6.45, 7) is 4.15. The SMILES string of the molecule is CC1(C)CC(=Cc2cccc(Cl)c2F)c2nc3sc(C(N)=O)c(N)c3c(-c3cccc(Cl)c3F)c2C1. The lowest BCUT2D eigenvalue weighted by atomic mass is 9.71. The van der Waals surface area contributed by atoms with Crippen LogP contribution in [0.5, 0.6) is 0 Å². The van der Waals surface area contributed by atoms with Crippen molar-refractivity contribution in [2.24, 2.45) is 11.1 Å². The summed E-state index contributed by atoms with van der Waals surface area (Å²) in [5, 5.41) is 0.434. The van der Waals surface area contributed by atoms with Gasteiger partial charge in [0.25, 0.3) is 5.91 Å². The number of thiophene rings is 1. The molecule has 184 valence electrons. The predicted molar refractivity (Wildman–Crippen MR) is 144 cm³/mol. The quantitative estimate of drug-likeness (QED) is 0.277. The number of pyridine rings is 1. The zero-order valence-electron chi connectivity index (χ0n) is 19.4. The van der Waals surface area contributed by atoms with Gasteiger partial charge >= 0.3 is 0 Å². The van der Waals surface area contributed by atoms with Crippen molar-refractivity contribution >= 4 is 68.0 Å². The van der Waals surface area contributed by atoms with Crippen LogP contribution in [-0.4, -0.2) is 10.9 Å². The third-order valence-electron chi connectivity index (χ3n) is 6.36. The topological polar surface area (TPSA) is 82.0 Å². The molecule has 2 aromatic heterocycles. The van der Waals surface area contributed by atoms with E-state index in [0.29, 0.717) is 39.9 Å². The van der Waals surface area contributed by atoms with Gasteiger partial charge in [-0.15, -0.1) is 11.3 Å². The van der Waals surface area contributed by atoms with Crippen molar-refractivity contribution < 1.29 is 13.6 Å². The van der Waals surface area contributed by atoms with Gasteiger partial charge in [0.15, 0.2) is 0 Å². The first-order valence-corrected chi connectivity index (χ1v) is 12.7. The van der Waals surface area contributed by atoms with Gasteiger partial charge in [-0.3, -0.25) is 4.79 Å². The number of fused-ring (bicyclic) bond motifs is 2. The zero-order valence-corrected chi connectivity index (χ0v) is 21.7. The predicted octanol–water partition coefficient (Wildman–Crippen LogP) is 7.74. The molecule has 0 spiro atoms. The number of halogens is 4. The molecule has 1 aliphatic rings. The Morgan fingerprint density at radius 1 is 1.08 bits per heavy atom. The molecule has 0 bridgehead atoms. The normalized spacial score (nSPS) is 15.9. The number of benzene rings is 2. The Hall–Kier alpha value is -3.00. The summed E-state index contributed by atoms with van der Waals surface area (Å²) in [5.74, 6) is -1.83. The highest BCUT2D eigenvalue weighted by Crippen LogP contribution is 2.50. The van der Waals surface area contributed by atoms with E-state index < -0.39 is 17.5 Å². The highest BCUT2D eigenvalue weighted by atomic mass is 35.5. The van der Waals surface area contributed by atoms with Crippen LogP contribution in [0, 0.1) is 17.0 Å². The van der Waals surface area contributed by atoms with Gasteiger partial charge in [0.1, 0.15) is 21.3 Å². The smallest absolute Gasteiger partial charge is 0.260 e. The van der Waals surface area contributed by atoms with E-state index in [4.69, 9.17) is 39.7 Å². The number of nitrogens with zero attached hydrogens (tertiary/aromatic N) is 1. The molecule has 0 aliphatic heterocycles. The summed E-state index contributed by atoms with van der Waals surface area (Å²) in [5.41, 5.74) is 15.0. The first-order valence-electron chi connectivity index (χ1n) is 11.1. The van der Waals surface area contributed by atoms with Crippen molar-refractivity contribution in [3.63, 3.8) is 0 Å². The average molecular weight is 544 g/mol. The van der Waals surface area contributed by atoms with E-state index in [1.165, 1.54) is 12.1 Å². The number of rotatable bonds is 3. The van der Waals surface area contributed by atoms with Crippen LogP contribution in [0.25, 0.3) is 33.0 Å². The van der Waals surface area contributed by atoms with Gasteiger partial charge in [0, 0.05) is 22.1 Å². The van der Waals surface area contributed by atoms with Gasteiger partial charge in [-0.25, -0.2) is 13.8 Å². The summed E-state index contributed by atoms with van der Waals surface area (Å²) in [7, 11) is 0. The van der Waals surface area contributed by atoms with Crippen LogP contribution >= 0.6 is 34.5 Å². The van der Waals surface area contributed by atoms with Crippen molar-refractivity contribution in [2.45, 2.75) is 26.7 Å². The lowest BCUT2D eigenvalue weighted by Gasteiger charge is -2.34. The lowest BCUT2D eigenvalue weighted by molar-refractivity contribution is 0.100. The van der Waals surface area contributed by atoms with Gasteiger partial charge in [-0.05, 0) is 47.6 Å². The zero-order chi connectivity index (χ0) is 25.9. The summed E-state index contributed by atoms with van der Waals surface area (Å²) >= 11 is 13.2. The van der Waals surface area contributed by atoms with Gasteiger partial charge in [0.05, 0.1) is 21.4 Å². The maximum absolute atomic E-state index is 15.5. The molecule has 36 heavy (non-hydrogen) atoms. The van der Waals surface area contributed by atoms with Crippen LogP contribution in [0.4, 0.5) is 14.5 Å². The fourth-order valence-corrected chi connectivity index (χ4v) is 6.20. The Balaban J connectivity index is 1.92. The molecule has 0 saturated heterocycles. The third kappa shape index (κ3) is 4.05. The number of nitrogen functional groups attached to an aromatic ring is 1. The van der Waals surface area contributed by atoms with Crippen molar-refractivity contribution in [1.29, 1.82) is 0 Å². The first-order chi connectivity index (χ1) is 17.0. The van der Waals surface area contributed by atoms with Crippen LogP contribution in [0.15, 0.2) is 36.4 Å². The van der Waals surface area contributed by atoms with Crippen molar-refractivity contribution in [1.82, 2.24) is 4.98 Å². The molecule has 0 fully saturated rings. The number of nitrogens with two attached hydrogens (primary N) is 2. The number of allylic oxidation sites excluding steroid dienone is 1. The van der Waals surface area contributed by atoms with Crippen LogP contribution in [0.3, 0.4) is 0 Å². The first kappa shape index (κ1) is 24.7. The van der Waals surface area contributed by atoms with Gasteiger partial charge in [-0.2, -0.15) is 0 Å². The standard InChI is InChI=1S/C27H21Cl2F2N3OS/c1-27(2)10-13(9-12-5-3-7-16(28)20(12)30)23-15(11-27)18(14-6-4-8-17(29)21(14)31)19-22(32)24(25(33)35)36-26(19)34-23/h3-9H,10-11,32H2,1-2H3,(H2,33,35). The second-order valence-electron chi connectivity index (χ2n) is 9.63. The molecular weight excluding hydrogens is 523 g/mol. The van der Waals surface area contributed by atoms with E-state index in [1.54, 1.807) is 30.3 Å². The second kappa shape index (κ2) is 8.83. The Bertz CT molecular complexity index is 1610. The van der Waals surface area contributed by atoms with E-state index in [-0.39, 0.29) is 31.6 Å². The van der Waals surface area contributed by atoms with E-state index in [2.05, 4.69) is 13.8 Å². The number of carbonyl (C=O) groups is 1. The molecule has 1 amide bonds. The maximum atomic E-state index is 15.5. The third-order valence-corrected chi connectivity index (χ3v) is 8.06. The van der Waals surface area contributed by atoms with Crippen LogP contribution in [0.2, 0.25) is 10.0 Å². The van der Waals surface area contributed by atoms with E-state index in [1.807, 2.05) is 0 Å². The van der Waals surface area contributed by atoms with Crippen LogP contribution in [0.1, 0.15) is 46.8 Å². The molecule has 4 N–H and O–H groups in total. The number of aromatic nitrogens is 1. The highest BCUT2D eigenvalue weighted by Gasteiger charge is 2.35. The monoisotopic (exact) mass is 543 g/mol. The summed E-state index contributed by atoms with van der Waals surface area (Å²) in [4.78, 5) is 17.6. The number of anilines is 1. The lowest BCUT2D eigenvalue weighted by Crippen LogP contribution is -2.23. The molecule has 0 atom stereocenters. The fraction of sp³-hybridized carbons (Fsp3) is 0.185. The molecule has 0 saturated carbocycles. The van der Waals surface area contributed by atoms with Crippen molar-refractivity contribution in [2.75, 3.05) is 5.73 Å². The van der Waals surface area contributed by atoms with E-state index in [0.717, 1.165) is 22.5 Å². The van der Waals surface area contributed by atoms with Crippen LogP contribution in [-0.2, 0) is 6.42 Å². The number of hydrogen-bond acceptors (Lipinski definition) is 4. The molecule has 4 aromatic rings. The molecule has 5 rings (SSSR count). The Labute approximate surface area is 220 Å². The molecule has 4 nitrogen and oxygen atoms in total. The maximum Gasteiger partial charge on any atom is 0.260 e. The molecule has 2 heterocycles. The number of hydrogen-bond donors (Lipinski definition) is 2. The molecule has 9 heteroatoms. The minimum absolute atomic E-state index is 0.0156. The molecule has 0 unspecified atom stereocenters. The van der Waals surface area contributed by atoms with Gasteiger partial charge < -0.3 is 11.5 Å². The summed E-state index contributed by atoms with van der Waals surface area (Å²) in [6.07, 6.45) is 2.86. The molecule has 2 aromatic carbocycles. The molecule has 1 aliphatic carbocycles. The Morgan fingerprint density at radius 3 is 2.44 bits per heavy atom. The largest absolute Gasteiger partial charge is 0.397 e. The number of amides is 1. The van der Waals surface area contributed by atoms with Crippen molar-refractivity contribution in [3.8, 4) is 11.1 Å². The van der Waals surface area contributed by atoms with Crippen LogP contribution < -0.4 is 11.5 Å². The Morgan fingerprint density at radius 2 is 1.75 bits per heavy atom. The van der Waals surface area contributed by atoms with Crippen molar-refractivity contribution in [3.05, 3.63) is 79.8 Å². The summed E-state index contributed by atoms with van der Waals surface area (Å²) in [6, 6.07) is 9.55. The van der Waals surface area contributed by atoms with E-state index >= 15 is 4.39 Å². The minimum atomic E-state index is -0.692. The Kier molecular flexibility index (Phi) is 6.06. The van der Waals surface area contributed by atoms with Gasteiger partial charge in [0.2, 0.25) is 0 Å². The highest BCUT2D eigenvalue weighted by molar-refractivity contribution is 7.21. The molecular formula is C27H21Cl2F2N3OS. The fourth-order valence-electron chi connectivity index (χ4n) is 4.88. The summed E-state index contributed by atoms with van der Waals surface area (Å²) < 4.78 is 30.3. The minimum Gasteiger partial charge on any atom is -0.397 e. The average Bonchev–Trinajstić information content (AvgIpc) is 3.14. The number of carbonyl (C=O) groups excluding carboxylic acids is 1. The molecule has 0 radical (unpaired) electrons. The second-order valence-corrected chi connectivity index (χ2v) is 11.4. The number of primary amides is 1. The van der Waals surface area contributed by atoms with Gasteiger partial charge in [-0.1, -0.05) is 61.3 Å². The van der Waals surface area contributed by atoms with E-state index in [9.17, 15) is 9.18 Å².